The van der Waals surface area contributed by atoms with Crippen LogP contribution >= 0.6 is 11.6 Å². The molecule has 1 amide bonds. The van der Waals surface area contributed by atoms with Crippen LogP contribution in [0.4, 0.5) is 5.95 Å². The third-order valence-corrected chi connectivity index (χ3v) is 4.78. The van der Waals surface area contributed by atoms with Crippen LogP contribution in [0.2, 0.25) is 5.15 Å². The first-order chi connectivity index (χ1) is 13.1. The van der Waals surface area contributed by atoms with E-state index in [4.69, 9.17) is 11.6 Å². The standard InChI is InChI=1S/C20H18ClN5O/c1-3-25-16-12-8-7-11-15(16)22-20(25)23-19(27)17-13(2)24-26(18(17)21)14-9-5-4-6-10-14/h4-12H,3H2,1-2H3,(H,22,23,27). The molecule has 0 radical (unpaired) electrons. The van der Waals surface area contributed by atoms with Crippen LogP contribution in [-0.4, -0.2) is 25.2 Å². The highest BCUT2D eigenvalue weighted by atomic mass is 35.5. The van der Waals surface area contributed by atoms with Gasteiger partial charge in [-0.15, -0.1) is 0 Å². The van der Waals surface area contributed by atoms with Crippen LogP contribution in [0, 0.1) is 6.92 Å². The van der Waals surface area contributed by atoms with Gasteiger partial charge >= 0.3 is 0 Å². The molecule has 4 aromatic rings. The lowest BCUT2D eigenvalue weighted by Gasteiger charge is -2.08. The van der Waals surface area contributed by atoms with E-state index in [1.807, 2.05) is 66.1 Å². The fraction of sp³-hybridized carbons (Fsp3) is 0.150. The number of nitrogens with zero attached hydrogens (tertiary/aromatic N) is 4. The minimum atomic E-state index is -0.329. The Morgan fingerprint density at radius 2 is 1.81 bits per heavy atom. The fourth-order valence-corrected chi connectivity index (χ4v) is 3.51. The number of hydrogen-bond donors (Lipinski definition) is 1. The van der Waals surface area contributed by atoms with Gasteiger partial charge in [-0.2, -0.15) is 5.10 Å². The summed E-state index contributed by atoms with van der Waals surface area (Å²) >= 11 is 6.49. The fourth-order valence-electron chi connectivity index (χ4n) is 3.15. The number of carbonyl (C=O) groups excluding carboxylic acids is 1. The maximum Gasteiger partial charge on any atom is 0.263 e. The largest absolute Gasteiger partial charge is 0.310 e. The zero-order valence-corrected chi connectivity index (χ0v) is 15.7. The lowest BCUT2D eigenvalue weighted by atomic mass is 10.2. The van der Waals surface area contributed by atoms with Gasteiger partial charge in [-0.1, -0.05) is 41.9 Å². The van der Waals surface area contributed by atoms with E-state index in [9.17, 15) is 4.79 Å². The number of rotatable bonds is 4. The van der Waals surface area contributed by atoms with Crippen molar-refractivity contribution in [1.29, 1.82) is 0 Å². The number of hydrogen-bond acceptors (Lipinski definition) is 3. The molecule has 0 aliphatic rings. The molecular weight excluding hydrogens is 362 g/mol. The number of amides is 1. The van der Waals surface area contributed by atoms with E-state index < -0.39 is 0 Å². The number of anilines is 1. The monoisotopic (exact) mass is 379 g/mol. The highest BCUT2D eigenvalue weighted by molar-refractivity contribution is 6.34. The summed E-state index contributed by atoms with van der Waals surface area (Å²) in [6.07, 6.45) is 0. The molecule has 6 nitrogen and oxygen atoms in total. The number of benzene rings is 2. The van der Waals surface area contributed by atoms with Crippen LogP contribution < -0.4 is 5.32 Å². The summed E-state index contributed by atoms with van der Waals surface area (Å²) < 4.78 is 3.52. The van der Waals surface area contributed by atoms with Crippen molar-refractivity contribution in [3.63, 3.8) is 0 Å². The molecule has 2 aromatic carbocycles. The second kappa shape index (κ2) is 6.89. The van der Waals surface area contributed by atoms with Crippen LogP contribution in [0.1, 0.15) is 23.0 Å². The highest BCUT2D eigenvalue weighted by Gasteiger charge is 2.23. The SMILES string of the molecule is CCn1c(NC(=O)c2c(C)nn(-c3ccccc3)c2Cl)nc2ccccc21. The van der Waals surface area contributed by atoms with Gasteiger partial charge < -0.3 is 4.57 Å². The molecule has 0 bridgehead atoms. The summed E-state index contributed by atoms with van der Waals surface area (Å²) in [5.74, 6) is 0.163. The molecule has 4 rings (SSSR count). The summed E-state index contributed by atoms with van der Waals surface area (Å²) in [5, 5.41) is 7.59. The Balaban J connectivity index is 1.72. The number of fused-ring (bicyclic) bond motifs is 1. The van der Waals surface area contributed by atoms with E-state index in [1.165, 1.54) is 0 Å². The van der Waals surface area contributed by atoms with Gasteiger partial charge in [-0.05, 0) is 38.1 Å². The van der Waals surface area contributed by atoms with Gasteiger partial charge in [-0.25, -0.2) is 9.67 Å². The first-order valence-electron chi connectivity index (χ1n) is 8.67. The lowest BCUT2D eigenvalue weighted by Crippen LogP contribution is -2.16. The van der Waals surface area contributed by atoms with Crippen molar-refractivity contribution in [2.45, 2.75) is 20.4 Å². The van der Waals surface area contributed by atoms with Crippen LogP contribution in [0.5, 0.6) is 0 Å². The molecule has 0 saturated carbocycles. The van der Waals surface area contributed by atoms with Gasteiger partial charge in [0.05, 0.1) is 22.4 Å². The van der Waals surface area contributed by atoms with Crippen molar-refractivity contribution in [2.75, 3.05) is 5.32 Å². The Kier molecular flexibility index (Phi) is 4.41. The quantitative estimate of drug-likeness (QED) is 0.569. The molecule has 0 spiro atoms. The number of imidazole rings is 1. The molecule has 2 heterocycles. The second-order valence-corrected chi connectivity index (χ2v) is 6.48. The van der Waals surface area contributed by atoms with Gasteiger partial charge in [0.25, 0.3) is 5.91 Å². The maximum atomic E-state index is 12.9. The first kappa shape index (κ1) is 17.3. The number of para-hydroxylation sites is 3. The first-order valence-corrected chi connectivity index (χ1v) is 9.05. The number of aromatic nitrogens is 4. The summed E-state index contributed by atoms with van der Waals surface area (Å²) in [6.45, 7) is 4.46. The number of carbonyl (C=O) groups is 1. The highest BCUT2D eigenvalue weighted by Crippen LogP contribution is 2.25. The van der Waals surface area contributed by atoms with Crippen molar-refractivity contribution in [1.82, 2.24) is 19.3 Å². The van der Waals surface area contributed by atoms with E-state index >= 15 is 0 Å². The molecule has 0 fully saturated rings. The predicted octanol–water partition coefficient (Wildman–Crippen LogP) is 4.46. The second-order valence-electron chi connectivity index (χ2n) is 6.12. The number of nitrogens with one attached hydrogen (secondary N) is 1. The summed E-state index contributed by atoms with van der Waals surface area (Å²) in [7, 11) is 0. The Morgan fingerprint density at radius 3 is 2.56 bits per heavy atom. The summed E-state index contributed by atoms with van der Waals surface area (Å²) in [5.41, 5.74) is 3.50. The van der Waals surface area contributed by atoms with Gasteiger partial charge in [-0.3, -0.25) is 10.1 Å². The molecule has 7 heteroatoms. The zero-order chi connectivity index (χ0) is 19.0. The van der Waals surface area contributed by atoms with Gasteiger partial charge in [0, 0.05) is 6.54 Å². The smallest absolute Gasteiger partial charge is 0.263 e. The average molecular weight is 380 g/mol. The van der Waals surface area contributed by atoms with E-state index in [0.717, 1.165) is 16.7 Å². The van der Waals surface area contributed by atoms with E-state index in [0.29, 0.717) is 23.8 Å². The van der Waals surface area contributed by atoms with Crippen LogP contribution in [0.25, 0.3) is 16.7 Å². The number of halogens is 1. The van der Waals surface area contributed by atoms with E-state index in [2.05, 4.69) is 15.4 Å². The molecule has 1 N–H and O–H groups in total. The molecule has 0 aliphatic carbocycles. The molecule has 0 unspecified atom stereocenters. The Hall–Kier alpha value is -3.12. The normalized spacial score (nSPS) is 11.1. The minimum absolute atomic E-state index is 0.273. The third-order valence-electron chi connectivity index (χ3n) is 4.43. The van der Waals surface area contributed by atoms with Crippen molar-refractivity contribution in [3.05, 3.63) is 71.0 Å². The molecule has 2 aromatic heterocycles. The molecule has 0 saturated heterocycles. The van der Waals surface area contributed by atoms with Crippen molar-refractivity contribution >= 4 is 34.5 Å². The van der Waals surface area contributed by atoms with Gasteiger partial charge in [0.1, 0.15) is 10.7 Å². The Labute approximate surface area is 161 Å². The zero-order valence-electron chi connectivity index (χ0n) is 15.0. The van der Waals surface area contributed by atoms with E-state index in [-0.39, 0.29) is 11.1 Å². The molecule has 136 valence electrons. The Bertz CT molecular complexity index is 1130. The minimum Gasteiger partial charge on any atom is -0.310 e. The van der Waals surface area contributed by atoms with E-state index in [1.54, 1.807) is 11.6 Å². The predicted molar refractivity (Wildman–Crippen MR) is 107 cm³/mol. The van der Waals surface area contributed by atoms with Crippen molar-refractivity contribution in [2.24, 2.45) is 0 Å². The number of aryl methyl sites for hydroxylation is 2. The lowest BCUT2D eigenvalue weighted by molar-refractivity contribution is 0.102. The topological polar surface area (TPSA) is 64.7 Å². The molecule has 0 atom stereocenters. The van der Waals surface area contributed by atoms with Crippen LogP contribution in [0.15, 0.2) is 54.6 Å². The van der Waals surface area contributed by atoms with Crippen LogP contribution in [-0.2, 0) is 6.54 Å². The third kappa shape index (κ3) is 2.98. The van der Waals surface area contributed by atoms with Crippen molar-refractivity contribution < 1.29 is 4.79 Å². The van der Waals surface area contributed by atoms with Crippen molar-refractivity contribution in [3.8, 4) is 5.69 Å². The summed E-state index contributed by atoms with van der Waals surface area (Å²) in [6, 6.07) is 17.2. The van der Waals surface area contributed by atoms with Gasteiger partial charge in [0.15, 0.2) is 0 Å². The average Bonchev–Trinajstić information content (AvgIpc) is 3.18. The summed E-state index contributed by atoms with van der Waals surface area (Å²) in [4.78, 5) is 17.5. The Morgan fingerprint density at radius 1 is 1.11 bits per heavy atom. The molecule has 27 heavy (non-hydrogen) atoms. The van der Waals surface area contributed by atoms with Crippen LogP contribution in [0.3, 0.4) is 0 Å². The molecule has 0 aliphatic heterocycles. The van der Waals surface area contributed by atoms with Gasteiger partial charge in [0.2, 0.25) is 5.95 Å². The maximum absolute atomic E-state index is 12.9. The molecular formula is C20H18ClN5O.